The van der Waals surface area contributed by atoms with Crippen molar-refractivity contribution in [2.24, 2.45) is 0 Å². The second-order valence-corrected chi connectivity index (χ2v) is 4.67. The molecule has 1 saturated carbocycles. The Morgan fingerprint density at radius 3 is 2.31 bits per heavy atom. The molecule has 0 radical (unpaired) electrons. The number of rotatable bonds is 3. The minimum Gasteiger partial charge on any atom is -0.492 e. The zero-order valence-corrected chi connectivity index (χ0v) is 10.6. The fourth-order valence-electron chi connectivity index (χ4n) is 1.70. The molecule has 0 amide bonds. The Morgan fingerprint density at radius 1 is 1.31 bits per heavy atom. The van der Waals surface area contributed by atoms with Gasteiger partial charge >= 0.3 is 0 Å². The summed E-state index contributed by atoms with van der Waals surface area (Å²) in [6, 6.07) is 1.55. The zero-order chi connectivity index (χ0) is 11.9. The molecule has 5 heteroatoms. The first-order valence-corrected chi connectivity index (χ1v) is 5.65. The van der Waals surface area contributed by atoms with Gasteiger partial charge in [0.25, 0.3) is 0 Å². The molecule has 0 heterocycles. The van der Waals surface area contributed by atoms with E-state index in [-0.39, 0.29) is 16.0 Å². The lowest BCUT2D eigenvalue weighted by atomic mass is 10.1. The van der Waals surface area contributed by atoms with Gasteiger partial charge in [-0.1, -0.05) is 0 Å². The first-order chi connectivity index (χ1) is 7.53. The summed E-state index contributed by atoms with van der Waals surface area (Å²) in [5, 5.41) is 10.1. The molecule has 1 N–H and O–H groups in total. The van der Waals surface area contributed by atoms with Crippen molar-refractivity contribution in [3.8, 4) is 11.5 Å². The van der Waals surface area contributed by atoms with E-state index in [1.54, 1.807) is 6.07 Å². The van der Waals surface area contributed by atoms with E-state index in [1.165, 1.54) is 14.2 Å². The highest BCUT2D eigenvalue weighted by atomic mass is 79.9. The number of hydrogen-bond acceptors (Lipinski definition) is 3. The molecule has 0 saturated heterocycles. The van der Waals surface area contributed by atoms with E-state index in [9.17, 15) is 9.50 Å². The second kappa shape index (κ2) is 3.89. The Kier molecular flexibility index (Phi) is 2.84. The van der Waals surface area contributed by atoms with Crippen molar-refractivity contribution in [1.29, 1.82) is 0 Å². The van der Waals surface area contributed by atoms with Crippen LogP contribution in [0.2, 0.25) is 0 Å². The van der Waals surface area contributed by atoms with Crippen LogP contribution < -0.4 is 9.47 Å². The minimum atomic E-state index is -0.894. The Morgan fingerprint density at radius 2 is 1.88 bits per heavy atom. The van der Waals surface area contributed by atoms with Gasteiger partial charge in [-0.2, -0.15) is 0 Å². The van der Waals surface area contributed by atoms with Gasteiger partial charge in [0.2, 0.25) is 0 Å². The van der Waals surface area contributed by atoms with Crippen molar-refractivity contribution in [1.82, 2.24) is 0 Å². The maximum absolute atomic E-state index is 13.7. The van der Waals surface area contributed by atoms with Crippen LogP contribution in [0.1, 0.15) is 18.4 Å². The third-order valence-electron chi connectivity index (χ3n) is 2.76. The third-order valence-corrected chi connectivity index (χ3v) is 3.34. The molecular formula is C11H12BrFO3. The Hall–Kier alpha value is -0.810. The lowest BCUT2D eigenvalue weighted by Crippen LogP contribution is -2.09. The molecule has 1 aliphatic carbocycles. The van der Waals surface area contributed by atoms with Crippen molar-refractivity contribution >= 4 is 15.9 Å². The molecule has 3 nitrogen and oxygen atoms in total. The van der Waals surface area contributed by atoms with Gasteiger partial charge in [-0.25, -0.2) is 4.39 Å². The maximum Gasteiger partial charge on any atom is 0.198 e. The van der Waals surface area contributed by atoms with E-state index in [1.807, 2.05) is 0 Å². The summed E-state index contributed by atoms with van der Waals surface area (Å²) in [5.74, 6) is -0.234. The van der Waals surface area contributed by atoms with Crippen molar-refractivity contribution in [3.05, 3.63) is 21.9 Å². The molecule has 0 aliphatic heterocycles. The molecule has 0 spiro atoms. The number of aliphatic hydroxyl groups is 1. The van der Waals surface area contributed by atoms with Crippen LogP contribution in [0.15, 0.2) is 10.5 Å². The van der Waals surface area contributed by atoms with E-state index in [4.69, 9.17) is 9.47 Å². The molecule has 88 valence electrons. The van der Waals surface area contributed by atoms with Crippen LogP contribution in [0.4, 0.5) is 4.39 Å². The standard InChI is InChI=1S/C11H12BrFO3/c1-15-9-6(11(14)3-4-11)5-7(12)8(13)10(9)16-2/h5,14H,3-4H2,1-2H3. The molecule has 0 unspecified atom stereocenters. The molecule has 1 aliphatic rings. The van der Waals surface area contributed by atoms with Crippen molar-refractivity contribution in [2.45, 2.75) is 18.4 Å². The van der Waals surface area contributed by atoms with Crippen LogP contribution in [-0.4, -0.2) is 19.3 Å². The van der Waals surface area contributed by atoms with E-state index >= 15 is 0 Å². The predicted octanol–water partition coefficient (Wildman–Crippen LogP) is 2.59. The average molecular weight is 291 g/mol. The lowest BCUT2D eigenvalue weighted by Gasteiger charge is -2.17. The first kappa shape index (κ1) is 11.7. The largest absolute Gasteiger partial charge is 0.492 e. The van der Waals surface area contributed by atoms with Crippen molar-refractivity contribution in [2.75, 3.05) is 14.2 Å². The fourth-order valence-corrected chi connectivity index (χ4v) is 2.11. The summed E-state index contributed by atoms with van der Waals surface area (Å²) >= 11 is 3.10. The monoisotopic (exact) mass is 290 g/mol. The van der Waals surface area contributed by atoms with Crippen molar-refractivity contribution < 1.29 is 19.0 Å². The molecule has 0 atom stereocenters. The van der Waals surface area contributed by atoms with E-state index in [2.05, 4.69) is 15.9 Å². The molecule has 1 aromatic rings. The molecule has 1 fully saturated rings. The molecule has 2 rings (SSSR count). The number of ether oxygens (including phenoxy) is 2. The van der Waals surface area contributed by atoms with Crippen LogP contribution >= 0.6 is 15.9 Å². The number of benzene rings is 1. The number of methoxy groups -OCH3 is 2. The minimum absolute atomic E-state index is 0.0206. The van der Waals surface area contributed by atoms with Gasteiger partial charge in [-0.05, 0) is 34.8 Å². The van der Waals surface area contributed by atoms with E-state index in [0.29, 0.717) is 18.4 Å². The summed E-state index contributed by atoms with van der Waals surface area (Å²) in [6.45, 7) is 0. The summed E-state index contributed by atoms with van der Waals surface area (Å²) in [6.07, 6.45) is 1.31. The highest BCUT2D eigenvalue weighted by molar-refractivity contribution is 9.10. The van der Waals surface area contributed by atoms with Gasteiger partial charge in [-0.3, -0.25) is 0 Å². The van der Waals surface area contributed by atoms with Gasteiger partial charge in [-0.15, -0.1) is 0 Å². The topological polar surface area (TPSA) is 38.7 Å². The summed E-state index contributed by atoms with van der Waals surface area (Å²) in [7, 11) is 2.80. The zero-order valence-electron chi connectivity index (χ0n) is 9.01. The van der Waals surface area contributed by atoms with Crippen LogP contribution in [0.5, 0.6) is 11.5 Å². The highest BCUT2D eigenvalue weighted by Gasteiger charge is 2.45. The molecule has 1 aromatic carbocycles. The van der Waals surface area contributed by atoms with E-state index in [0.717, 1.165) is 0 Å². The van der Waals surface area contributed by atoms with Gasteiger partial charge in [0.1, 0.15) is 0 Å². The SMILES string of the molecule is COc1c(C2(O)CC2)cc(Br)c(F)c1OC. The summed E-state index contributed by atoms with van der Waals surface area (Å²) in [4.78, 5) is 0. The highest BCUT2D eigenvalue weighted by Crippen LogP contribution is 2.52. The fraction of sp³-hybridized carbons (Fsp3) is 0.455. The summed E-state index contributed by atoms with van der Waals surface area (Å²) in [5.41, 5.74) is -0.324. The lowest BCUT2D eigenvalue weighted by molar-refractivity contribution is 0.146. The maximum atomic E-state index is 13.7. The van der Waals surface area contributed by atoms with Crippen molar-refractivity contribution in [3.63, 3.8) is 0 Å². The Balaban J connectivity index is 2.64. The normalized spacial score (nSPS) is 17.1. The van der Waals surface area contributed by atoms with Gasteiger partial charge in [0, 0.05) is 5.56 Å². The number of halogens is 2. The smallest absolute Gasteiger partial charge is 0.198 e. The molecule has 0 aromatic heterocycles. The molecule has 0 bridgehead atoms. The third kappa shape index (κ3) is 1.68. The molecular weight excluding hydrogens is 279 g/mol. The number of hydrogen-bond donors (Lipinski definition) is 1. The van der Waals surface area contributed by atoms with E-state index < -0.39 is 11.4 Å². The van der Waals surface area contributed by atoms with Crippen LogP contribution in [0.3, 0.4) is 0 Å². The average Bonchev–Trinajstić information content (AvgIpc) is 3.00. The van der Waals surface area contributed by atoms with Crippen LogP contribution in [0.25, 0.3) is 0 Å². The predicted molar refractivity (Wildman–Crippen MR) is 60.3 cm³/mol. The van der Waals surface area contributed by atoms with Gasteiger partial charge in [0.05, 0.1) is 24.3 Å². The Labute approximate surface area is 101 Å². The second-order valence-electron chi connectivity index (χ2n) is 3.82. The molecule has 16 heavy (non-hydrogen) atoms. The Bertz CT molecular complexity index is 430. The van der Waals surface area contributed by atoms with Crippen LogP contribution in [0, 0.1) is 5.82 Å². The quantitative estimate of drug-likeness (QED) is 0.930. The first-order valence-electron chi connectivity index (χ1n) is 4.86. The van der Waals surface area contributed by atoms with Gasteiger partial charge in [0.15, 0.2) is 17.3 Å². The van der Waals surface area contributed by atoms with Crippen LogP contribution in [-0.2, 0) is 5.60 Å². The summed E-state index contributed by atoms with van der Waals surface area (Å²) < 4.78 is 24.1. The van der Waals surface area contributed by atoms with Gasteiger partial charge < -0.3 is 14.6 Å².